The standard InChI is InChI=1S/C35H38Cl2N6O6/c1-41(31(45)14-11-24(44)19-42-16-17-48-30(20-42)34(46)39-22-9-10-22)27-13-12-26(36)25(32(27)37)21-49-29-8-5-7-28-33(29)40-35(47-2)43(28)18-23-6-3-4-15-38-23/h3-8,12-13,15,22,30H,9-11,14,16-21H2,1-2H3,(H,39,46)/t30-/m1/s1. The van der Waals surface area contributed by atoms with Crippen LogP contribution in [-0.2, 0) is 32.3 Å². The van der Waals surface area contributed by atoms with Gasteiger partial charge >= 0.3 is 0 Å². The maximum Gasteiger partial charge on any atom is 0.297 e. The summed E-state index contributed by atoms with van der Waals surface area (Å²) < 4.78 is 19.3. The summed E-state index contributed by atoms with van der Waals surface area (Å²) in [5.74, 6) is 0.00916. The van der Waals surface area contributed by atoms with Crippen LogP contribution in [0.4, 0.5) is 5.69 Å². The number of rotatable bonds is 14. The summed E-state index contributed by atoms with van der Waals surface area (Å²) in [6.45, 7) is 1.89. The number of benzene rings is 2. The fourth-order valence-electron chi connectivity index (χ4n) is 5.71. The third kappa shape index (κ3) is 8.33. The fraction of sp³-hybridized carbons (Fsp3) is 0.400. The van der Waals surface area contributed by atoms with E-state index >= 15 is 0 Å². The highest BCUT2D eigenvalue weighted by molar-refractivity contribution is 6.38. The lowest BCUT2D eigenvalue weighted by Crippen LogP contribution is -2.51. The molecule has 3 heterocycles. The Morgan fingerprint density at radius 1 is 1.08 bits per heavy atom. The average molecular weight is 710 g/mol. The predicted octanol–water partition coefficient (Wildman–Crippen LogP) is 4.67. The molecule has 4 aromatic rings. The normalized spacial score (nSPS) is 16.4. The molecule has 1 aliphatic carbocycles. The molecule has 1 N–H and O–H groups in total. The van der Waals surface area contributed by atoms with Crippen LogP contribution >= 0.6 is 23.2 Å². The third-order valence-corrected chi connectivity index (χ3v) is 9.37. The number of morpholine rings is 1. The molecular formula is C35H38Cl2N6O6. The molecular weight excluding hydrogens is 671 g/mol. The maximum atomic E-state index is 13.2. The summed E-state index contributed by atoms with van der Waals surface area (Å²) in [7, 11) is 3.17. The van der Waals surface area contributed by atoms with Crippen LogP contribution in [0, 0.1) is 0 Å². The Labute approximate surface area is 294 Å². The summed E-state index contributed by atoms with van der Waals surface area (Å²) in [5, 5.41) is 3.60. The van der Waals surface area contributed by atoms with Crippen molar-refractivity contribution in [1.29, 1.82) is 0 Å². The number of fused-ring (bicyclic) bond motifs is 1. The number of methoxy groups -OCH3 is 1. The molecule has 0 radical (unpaired) electrons. The van der Waals surface area contributed by atoms with E-state index < -0.39 is 6.10 Å². The summed E-state index contributed by atoms with van der Waals surface area (Å²) in [4.78, 5) is 50.8. The number of carbonyl (C=O) groups is 3. The van der Waals surface area contributed by atoms with Gasteiger partial charge in [0.05, 0.1) is 48.7 Å². The van der Waals surface area contributed by atoms with Crippen molar-refractivity contribution >= 4 is 57.5 Å². The second-order valence-electron chi connectivity index (χ2n) is 12.1. The molecule has 49 heavy (non-hydrogen) atoms. The smallest absolute Gasteiger partial charge is 0.297 e. The minimum atomic E-state index is -0.592. The maximum absolute atomic E-state index is 13.2. The van der Waals surface area contributed by atoms with Gasteiger partial charge in [-0.2, -0.15) is 4.98 Å². The Morgan fingerprint density at radius 3 is 2.67 bits per heavy atom. The number of aromatic nitrogens is 3. The molecule has 0 unspecified atom stereocenters. The largest absolute Gasteiger partial charge is 0.486 e. The highest BCUT2D eigenvalue weighted by Crippen LogP contribution is 2.36. The number of amides is 2. The second kappa shape index (κ2) is 15.5. The molecule has 1 atom stereocenters. The number of carbonyl (C=O) groups excluding carboxylic acids is 3. The Bertz CT molecular complexity index is 1830. The van der Waals surface area contributed by atoms with Gasteiger partial charge in [-0.15, -0.1) is 0 Å². The van der Waals surface area contributed by atoms with Gasteiger partial charge in [0.2, 0.25) is 5.91 Å². The summed E-state index contributed by atoms with van der Waals surface area (Å²) in [5.41, 5.74) is 3.20. The molecule has 2 aromatic heterocycles. The quantitative estimate of drug-likeness (QED) is 0.199. The highest BCUT2D eigenvalue weighted by Gasteiger charge is 2.32. The zero-order chi connectivity index (χ0) is 34.5. The van der Waals surface area contributed by atoms with Crippen LogP contribution in [0.25, 0.3) is 11.0 Å². The molecule has 258 valence electrons. The summed E-state index contributed by atoms with van der Waals surface area (Å²) >= 11 is 13.4. The van der Waals surface area contributed by atoms with Gasteiger partial charge in [-0.25, -0.2) is 0 Å². The molecule has 2 fully saturated rings. The van der Waals surface area contributed by atoms with E-state index in [9.17, 15) is 14.4 Å². The highest BCUT2D eigenvalue weighted by atomic mass is 35.5. The Hall–Kier alpha value is -4.23. The van der Waals surface area contributed by atoms with Crippen molar-refractivity contribution in [2.75, 3.05) is 45.3 Å². The number of ether oxygens (including phenoxy) is 3. The number of halogens is 2. The number of nitrogens with one attached hydrogen (secondary N) is 1. The van der Waals surface area contributed by atoms with Gasteiger partial charge in [0.15, 0.2) is 0 Å². The number of imidazole rings is 1. The molecule has 0 spiro atoms. The molecule has 0 bridgehead atoms. The number of ketones is 1. The van der Waals surface area contributed by atoms with Crippen LogP contribution < -0.4 is 19.7 Å². The number of para-hydroxylation sites is 1. The van der Waals surface area contributed by atoms with Crippen LogP contribution in [-0.4, -0.2) is 89.6 Å². The van der Waals surface area contributed by atoms with Crippen molar-refractivity contribution in [1.82, 2.24) is 24.8 Å². The Balaban J connectivity index is 1.07. The zero-order valence-electron chi connectivity index (χ0n) is 27.4. The lowest BCUT2D eigenvalue weighted by Gasteiger charge is -2.31. The minimum absolute atomic E-state index is 0.00104. The second-order valence-corrected chi connectivity index (χ2v) is 12.9. The van der Waals surface area contributed by atoms with Crippen molar-refractivity contribution < 1.29 is 28.6 Å². The molecule has 1 saturated heterocycles. The van der Waals surface area contributed by atoms with E-state index in [1.165, 1.54) is 4.90 Å². The van der Waals surface area contributed by atoms with Gasteiger partial charge in [0.1, 0.15) is 29.8 Å². The van der Waals surface area contributed by atoms with E-state index in [-0.39, 0.29) is 54.7 Å². The number of Topliss-reactive ketones (excluding diaryl/α,β-unsaturated/α-hetero) is 1. The minimum Gasteiger partial charge on any atom is -0.486 e. The number of hydrogen-bond acceptors (Lipinski definition) is 9. The van der Waals surface area contributed by atoms with E-state index in [4.69, 9.17) is 37.4 Å². The topological polar surface area (TPSA) is 128 Å². The van der Waals surface area contributed by atoms with Gasteiger partial charge in [-0.05, 0) is 49.2 Å². The molecule has 1 saturated carbocycles. The lowest BCUT2D eigenvalue weighted by molar-refractivity contribution is -0.140. The zero-order valence-corrected chi connectivity index (χ0v) is 28.9. The lowest BCUT2D eigenvalue weighted by atomic mass is 10.1. The first-order chi connectivity index (χ1) is 23.7. The van der Waals surface area contributed by atoms with Crippen molar-refractivity contribution in [2.45, 2.75) is 51.0 Å². The molecule has 2 aromatic carbocycles. The van der Waals surface area contributed by atoms with Gasteiger partial charge < -0.3 is 24.4 Å². The first kappa shape index (κ1) is 34.6. The van der Waals surface area contributed by atoms with Gasteiger partial charge in [0, 0.05) is 55.8 Å². The van der Waals surface area contributed by atoms with Crippen LogP contribution in [0.2, 0.25) is 10.0 Å². The summed E-state index contributed by atoms with van der Waals surface area (Å²) in [6, 6.07) is 15.3. The fourth-order valence-corrected chi connectivity index (χ4v) is 6.32. The molecule has 2 aliphatic rings. The molecule has 12 nitrogen and oxygen atoms in total. The summed E-state index contributed by atoms with van der Waals surface area (Å²) in [6.07, 6.45) is 3.19. The number of hydrogen-bond donors (Lipinski definition) is 1. The van der Waals surface area contributed by atoms with Crippen LogP contribution in [0.5, 0.6) is 11.8 Å². The first-order valence-corrected chi connectivity index (χ1v) is 16.9. The monoisotopic (exact) mass is 708 g/mol. The molecule has 1 aliphatic heterocycles. The first-order valence-electron chi connectivity index (χ1n) is 16.2. The predicted molar refractivity (Wildman–Crippen MR) is 185 cm³/mol. The third-order valence-electron chi connectivity index (χ3n) is 8.59. The Morgan fingerprint density at radius 2 is 1.92 bits per heavy atom. The van der Waals surface area contributed by atoms with Crippen molar-refractivity contribution in [2.24, 2.45) is 0 Å². The average Bonchev–Trinajstić information content (AvgIpc) is 3.86. The van der Waals surface area contributed by atoms with E-state index in [0.29, 0.717) is 59.8 Å². The van der Waals surface area contributed by atoms with Crippen molar-refractivity contribution in [3.63, 3.8) is 0 Å². The van der Waals surface area contributed by atoms with Gasteiger partial charge in [0.25, 0.3) is 11.9 Å². The molecule has 2 amide bonds. The van der Waals surface area contributed by atoms with E-state index in [0.717, 1.165) is 24.1 Å². The van der Waals surface area contributed by atoms with Gasteiger partial charge in [-0.1, -0.05) is 35.3 Å². The van der Waals surface area contributed by atoms with Crippen LogP contribution in [0.3, 0.4) is 0 Å². The van der Waals surface area contributed by atoms with Crippen molar-refractivity contribution in [3.05, 3.63) is 76.0 Å². The SMILES string of the molecule is COc1nc2c(OCc3c(Cl)ccc(N(C)C(=O)CCC(=O)CN4CCO[C@@H](C(=O)NC5CC5)C4)c3Cl)cccc2n1Cc1ccccn1. The molecule has 6 rings (SSSR count). The molecule has 14 heteroatoms. The van der Waals surface area contributed by atoms with E-state index in [2.05, 4.69) is 15.3 Å². The van der Waals surface area contributed by atoms with Gasteiger partial charge in [-0.3, -0.25) is 28.8 Å². The van der Waals surface area contributed by atoms with Crippen LogP contribution in [0.15, 0.2) is 54.7 Å². The van der Waals surface area contributed by atoms with E-state index in [1.807, 2.05) is 39.8 Å². The number of pyridine rings is 1. The number of nitrogens with zero attached hydrogens (tertiary/aromatic N) is 5. The van der Waals surface area contributed by atoms with Crippen molar-refractivity contribution in [3.8, 4) is 11.8 Å². The van der Waals surface area contributed by atoms with Crippen LogP contribution in [0.1, 0.15) is 36.9 Å². The van der Waals surface area contributed by atoms with E-state index in [1.54, 1.807) is 38.6 Å². The number of anilines is 1. The Kier molecular flexibility index (Phi) is 11.0.